The Labute approximate surface area is 119 Å². The van der Waals surface area contributed by atoms with Crippen molar-refractivity contribution in [2.45, 2.75) is 26.3 Å². The molecule has 106 valence electrons. The minimum atomic E-state index is -0.209. The summed E-state index contributed by atoms with van der Waals surface area (Å²) in [4.78, 5) is 0. The number of benzene rings is 2. The quantitative estimate of drug-likeness (QED) is 0.870. The van der Waals surface area contributed by atoms with E-state index in [9.17, 15) is 9.50 Å². The van der Waals surface area contributed by atoms with E-state index in [4.69, 9.17) is 0 Å². The Morgan fingerprint density at radius 1 is 1.20 bits per heavy atom. The Hall–Kier alpha value is -1.87. The maximum Gasteiger partial charge on any atom is 0.123 e. The highest BCUT2D eigenvalue weighted by Gasteiger charge is 2.13. The second kappa shape index (κ2) is 6.53. The molecule has 20 heavy (non-hydrogen) atoms. The zero-order chi connectivity index (χ0) is 14.5. The number of phenolic OH excluding ortho intramolecular Hbond substituents is 1. The van der Waals surface area contributed by atoms with E-state index >= 15 is 0 Å². The van der Waals surface area contributed by atoms with Gasteiger partial charge in [0.05, 0.1) is 0 Å². The van der Waals surface area contributed by atoms with E-state index < -0.39 is 0 Å². The highest BCUT2D eigenvalue weighted by Crippen LogP contribution is 2.22. The topological polar surface area (TPSA) is 32.3 Å². The summed E-state index contributed by atoms with van der Waals surface area (Å²) in [6, 6.07) is 12.3. The molecule has 1 unspecified atom stereocenters. The molecule has 0 saturated heterocycles. The first-order valence-corrected chi connectivity index (χ1v) is 6.87. The Morgan fingerprint density at radius 2 is 2.00 bits per heavy atom. The lowest BCUT2D eigenvalue weighted by Gasteiger charge is -2.19. The monoisotopic (exact) mass is 273 g/mol. The van der Waals surface area contributed by atoms with Gasteiger partial charge in [0.1, 0.15) is 11.6 Å². The van der Waals surface area contributed by atoms with E-state index in [1.54, 1.807) is 18.2 Å². The normalized spacial score (nSPS) is 12.3. The fraction of sp³-hybridized carbons (Fsp3) is 0.294. The number of halogens is 1. The minimum absolute atomic E-state index is 0.0381. The summed E-state index contributed by atoms with van der Waals surface area (Å²) < 4.78 is 13.6. The first kappa shape index (κ1) is 14.5. The van der Waals surface area contributed by atoms with Crippen LogP contribution in [0.25, 0.3) is 0 Å². The van der Waals surface area contributed by atoms with Gasteiger partial charge in [-0.2, -0.15) is 0 Å². The van der Waals surface area contributed by atoms with Crippen LogP contribution in [0, 0.1) is 12.7 Å². The summed E-state index contributed by atoms with van der Waals surface area (Å²) in [7, 11) is 0. The maximum atomic E-state index is 13.6. The Morgan fingerprint density at radius 3 is 2.65 bits per heavy atom. The van der Waals surface area contributed by atoms with Gasteiger partial charge in [-0.05, 0) is 60.8 Å². The number of aryl methyl sites for hydroxylation is 1. The third-order valence-electron chi connectivity index (χ3n) is 3.27. The average molecular weight is 273 g/mol. The summed E-state index contributed by atoms with van der Waals surface area (Å²) in [5.74, 6) is 0.0481. The second-order valence-corrected chi connectivity index (χ2v) is 5.05. The molecule has 2 aromatic rings. The summed E-state index contributed by atoms with van der Waals surface area (Å²) in [6.07, 6.45) is 0.713. The van der Waals surface area contributed by atoms with Crippen LogP contribution in [0.15, 0.2) is 42.5 Å². The molecule has 1 atom stereocenters. The number of hydrogen-bond acceptors (Lipinski definition) is 2. The smallest absolute Gasteiger partial charge is 0.123 e. The molecule has 0 radical (unpaired) electrons. The molecule has 0 heterocycles. The molecule has 0 saturated carbocycles. The number of hydrogen-bond donors (Lipinski definition) is 2. The van der Waals surface area contributed by atoms with Gasteiger partial charge in [-0.15, -0.1) is 0 Å². The van der Waals surface area contributed by atoms with Gasteiger partial charge in [-0.1, -0.05) is 25.1 Å². The van der Waals surface area contributed by atoms with Crippen molar-refractivity contribution in [1.29, 1.82) is 0 Å². The highest BCUT2D eigenvalue weighted by atomic mass is 19.1. The molecule has 0 aliphatic carbocycles. The molecule has 0 fully saturated rings. The molecular formula is C17H20FNO. The number of likely N-dealkylation sites (N-methyl/N-ethyl adjacent to an activating group) is 1. The van der Waals surface area contributed by atoms with Crippen LogP contribution in [0.4, 0.5) is 4.39 Å². The number of nitrogens with one attached hydrogen (secondary N) is 1. The van der Waals surface area contributed by atoms with Crippen LogP contribution >= 0.6 is 0 Å². The molecular weight excluding hydrogens is 253 g/mol. The van der Waals surface area contributed by atoms with Crippen molar-refractivity contribution >= 4 is 0 Å². The zero-order valence-electron chi connectivity index (χ0n) is 11.9. The van der Waals surface area contributed by atoms with Gasteiger partial charge in [0.2, 0.25) is 0 Å². The van der Waals surface area contributed by atoms with E-state index in [0.29, 0.717) is 6.42 Å². The lowest BCUT2D eigenvalue weighted by Crippen LogP contribution is -2.23. The second-order valence-electron chi connectivity index (χ2n) is 5.05. The SMILES string of the molecule is CCNC(Cc1cccc(O)c1)c1cc(C)cc(F)c1. The number of phenols is 1. The van der Waals surface area contributed by atoms with Gasteiger partial charge in [0.15, 0.2) is 0 Å². The molecule has 0 aromatic heterocycles. The lowest BCUT2D eigenvalue weighted by molar-refractivity contribution is 0.473. The van der Waals surface area contributed by atoms with Crippen molar-refractivity contribution in [2.75, 3.05) is 6.54 Å². The summed E-state index contributed by atoms with van der Waals surface area (Å²) in [5, 5.41) is 12.9. The van der Waals surface area contributed by atoms with Crippen LogP contribution in [-0.4, -0.2) is 11.7 Å². The molecule has 2 aromatic carbocycles. The molecule has 2 N–H and O–H groups in total. The number of aromatic hydroxyl groups is 1. The van der Waals surface area contributed by atoms with E-state index in [1.807, 2.05) is 32.0 Å². The van der Waals surface area contributed by atoms with Gasteiger partial charge in [-0.3, -0.25) is 0 Å². The molecule has 2 rings (SSSR count). The summed E-state index contributed by atoms with van der Waals surface area (Å²) in [6.45, 7) is 4.73. The van der Waals surface area contributed by atoms with Gasteiger partial charge < -0.3 is 10.4 Å². The van der Waals surface area contributed by atoms with Crippen molar-refractivity contribution in [2.24, 2.45) is 0 Å². The van der Waals surface area contributed by atoms with E-state index in [0.717, 1.165) is 23.2 Å². The Balaban J connectivity index is 2.26. The van der Waals surface area contributed by atoms with Crippen LogP contribution in [0.3, 0.4) is 0 Å². The van der Waals surface area contributed by atoms with Gasteiger partial charge >= 0.3 is 0 Å². The van der Waals surface area contributed by atoms with Crippen molar-refractivity contribution in [3.63, 3.8) is 0 Å². The largest absolute Gasteiger partial charge is 0.508 e. The fourth-order valence-corrected chi connectivity index (χ4v) is 2.44. The van der Waals surface area contributed by atoms with Crippen LogP contribution in [-0.2, 0) is 6.42 Å². The van der Waals surface area contributed by atoms with Crippen molar-refractivity contribution < 1.29 is 9.50 Å². The summed E-state index contributed by atoms with van der Waals surface area (Å²) in [5.41, 5.74) is 2.88. The first-order chi connectivity index (χ1) is 9.58. The number of rotatable bonds is 5. The summed E-state index contributed by atoms with van der Waals surface area (Å²) >= 11 is 0. The van der Waals surface area contributed by atoms with E-state index in [-0.39, 0.29) is 17.6 Å². The van der Waals surface area contributed by atoms with Gasteiger partial charge in [0.25, 0.3) is 0 Å². The molecule has 3 heteroatoms. The maximum absolute atomic E-state index is 13.6. The molecule has 0 aliphatic rings. The standard InChI is InChI=1S/C17H20FNO/c1-3-19-17(10-13-5-4-6-16(20)9-13)14-7-12(2)8-15(18)11-14/h4-9,11,17,19-20H,3,10H2,1-2H3. The Bertz CT molecular complexity index is 563. The molecule has 0 bridgehead atoms. The van der Waals surface area contributed by atoms with E-state index in [2.05, 4.69) is 5.32 Å². The van der Waals surface area contributed by atoms with E-state index in [1.165, 1.54) is 6.07 Å². The fourth-order valence-electron chi connectivity index (χ4n) is 2.44. The highest BCUT2D eigenvalue weighted by molar-refractivity contribution is 5.31. The lowest BCUT2D eigenvalue weighted by atomic mass is 9.97. The Kier molecular flexibility index (Phi) is 4.74. The van der Waals surface area contributed by atoms with Crippen LogP contribution in [0.2, 0.25) is 0 Å². The van der Waals surface area contributed by atoms with Crippen LogP contribution in [0.5, 0.6) is 5.75 Å². The minimum Gasteiger partial charge on any atom is -0.508 e. The average Bonchev–Trinajstić information content (AvgIpc) is 2.37. The predicted molar refractivity (Wildman–Crippen MR) is 79.4 cm³/mol. The third-order valence-corrected chi connectivity index (χ3v) is 3.27. The molecule has 2 nitrogen and oxygen atoms in total. The van der Waals surface area contributed by atoms with Gasteiger partial charge in [-0.25, -0.2) is 4.39 Å². The molecule has 0 spiro atoms. The van der Waals surface area contributed by atoms with Crippen molar-refractivity contribution in [3.8, 4) is 5.75 Å². The first-order valence-electron chi connectivity index (χ1n) is 6.87. The zero-order valence-corrected chi connectivity index (χ0v) is 11.9. The van der Waals surface area contributed by atoms with Crippen molar-refractivity contribution in [1.82, 2.24) is 5.32 Å². The third kappa shape index (κ3) is 3.81. The molecule has 0 aliphatic heterocycles. The predicted octanol–water partition coefficient (Wildman–Crippen LogP) is 3.73. The van der Waals surface area contributed by atoms with Crippen LogP contribution in [0.1, 0.15) is 29.7 Å². The van der Waals surface area contributed by atoms with Gasteiger partial charge in [0, 0.05) is 6.04 Å². The molecule has 0 amide bonds. The van der Waals surface area contributed by atoms with Crippen molar-refractivity contribution in [3.05, 3.63) is 65.0 Å². The van der Waals surface area contributed by atoms with Crippen LogP contribution < -0.4 is 5.32 Å².